The van der Waals surface area contributed by atoms with Crippen LogP contribution in [0.5, 0.6) is 5.75 Å². The van der Waals surface area contributed by atoms with E-state index >= 15 is 0 Å². The van der Waals surface area contributed by atoms with E-state index in [1.165, 1.54) is 0 Å². The fraction of sp³-hybridized carbons (Fsp3) is 0.462. The molecule has 0 aliphatic heterocycles. The third kappa shape index (κ3) is 3.64. The van der Waals surface area contributed by atoms with Gasteiger partial charge in [0, 0.05) is 12.6 Å². The average molecular weight is 270 g/mol. The summed E-state index contributed by atoms with van der Waals surface area (Å²) in [4.78, 5) is 11.6. The van der Waals surface area contributed by atoms with Gasteiger partial charge in [0.25, 0.3) is 0 Å². The lowest BCUT2D eigenvalue weighted by Gasteiger charge is -2.14. The predicted octanol–water partition coefficient (Wildman–Crippen LogP) is 1.43. The first-order valence-electron chi connectivity index (χ1n) is 6.18. The summed E-state index contributed by atoms with van der Waals surface area (Å²) in [7, 11) is 0. The molecule has 1 amide bonds. The number of aromatic hydroxyl groups is 1. The highest BCUT2D eigenvalue weighted by Crippen LogP contribution is 2.21. The number of benzene rings is 1. The second-order valence-electron chi connectivity index (χ2n) is 4.79. The Morgan fingerprint density at radius 1 is 1.42 bits per heavy atom. The summed E-state index contributed by atoms with van der Waals surface area (Å²) in [6, 6.07) is 1.91. The van der Waals surface area contributed by atoms with E-state index in [1.807, 2.05) is 0 Å². The molecule has 1 atom stereocenters. The predicted molar refractivity (Wildman–Crippen MR) is 65.5 cm³/mol. The van der Waals surface area contributed by atoms with E-state index in [-0.39, 0.29) is 18.5 Å². The van der Waals surface area contributed by atoms with Gasteiger partial charge in [-0.1, -0.05) is 0 Å². The first-order chi connectivity index (χ1) is 8.97. The Kier molecular flexibility index (Phi) is 3.99. The molecule has 3 N–H and O–H groups in total. The third-order valence-electron chi connectivity index (χ3n) is 3.01. The van der Waals surface area contributed by atoms with Crippen molar-refractivity contribution in [3.8, 4) is 5.75 Å². The van der Waals surface area contributed by atoms with Crippen LogP contribution in [0.4, 0.5) is 8.78 Å². The Labute approximate surface area is 109 Å². The molecule has 0 aromatic heterocycles. The number of phenols is 1. The van der Waals surface area contributed by atoms with Crippen molar-refractivity contribution in [1.29, 1.82) is 0 Å². The van der Waals surface area contributed by atoms with Gasteiger partial charge in [-0.25, -0.2) is 8.78 Å². The van der Waals surface area contributed by atoms with Crippen molar-refractivity contribution in [2.24, 2.45) is 0 Å². The minimum atomic E-state index is -1.01. The fourth-order valence-corrected chi connectivity index (χ4v) is 1.64. The van der Waals surface area contributed by atoms with Crippen LogP contribution in [-0.4, -0.2) is 23.1 Å². The van der Waals surface area contributed by atoms with E-state index in [1.54, 1.807) is 6.92 Å². The molecule has 0 heterocycles. The molecular weight excluding hydrogens is 254 g/mol. The van der Waals surface area contributed by atoms with E-state index in [9.17, 15) is 13.6 Å². The second kappa shape index (κ2) is 5.52. The molecule has 104 valence electrons. The summed E-state index contributed by atoms with van der Waals surface area (Å²) in [6.45, 7) is 1.83. The van der Waals surface area contributed by atoms with Crippen molar-refractivity contribution in [1.82, 2.24) is 10.6 Å². The number of halogens is 2. The van der Waals surface area contributed by atoms with Gasteiger partial charge in [-0.3, -0.25) is 4.79 Å². The molecule has 1 aromatic rings. The maximum absolute atomic E-state index is 13.1. The normalized spacial score (nSPS) is 16.2. The van der Waals surface area contributed by atoms with Crippen molar-refractivity contribution in [2.45, 2.75) is 38.4 Å². The van der Waals surface area contributed by atoms with E-state index in [0.717, 1.165) is 25.0 Å². The van der Waals surface area contributed by atoms with Crippen LogP contribution in [0.15, 0.2) is 12.1 Å². The minimum absolute atomic E-state index is 0.123. The van der Waals surface area contributed by atoms with Crippen LogP contribution in [0.25, 0.3) is 0 Å². The van der Waals surface area contributed by atoms with Gasteiger partial charge < -0.3 is 15.7 Å². The lowest BCUT2D eigenvalue weighted by molar-refractivity contribution is -0.122. The van der Waals surface area contributed by atoms with Crippen LogP contribution < -0.4 is 10.6 Å². The van der Waals surface area contributed by atoms with Crippen LogP contribution in [0.2, 0.25) is 0 Å². The maximum atomic E-state index is 13.1. The zero-order valence-corrected chi connectivity index (χ0v) is 10.5. The zero-order valence-electron chi connectivity index (χ0n) is 10.5. The molecule has 1 saturated carbocycles. The summed E-state index contributed by atoms with van der Waals surface area (Å²) < 4.78 is 26.2. The molecule has 19 heavy (non-hydrogen) atoms. The number of hydrogen-bond donors (Lipinski definition) is 3. The van der Waals surface area contributed by atoms with E-state index in [2.05, 4.69) is 10.6 Å². The van der Waals surface area contributed by atoms with Crippen LogP contribution in [-0.2, 0) is 11.3 Å². The first-order valence-corrected chi connectivity index (χ1v) is 6.18. The molecule has 1 aliphatic rings. The molecule has 2 rings (SSSR count). The molecule has 4 nitrogen and oxygen atoms in total. The van der Waals surface area contributed by atoms with Crippen LogP contribution in [0.1, 0.15) is 25.3 Å². The van der Waals surface area contributed by atoms with Gasteiger partial charge >= 0.3 is 0 Å². The highest BCUT2D eigenvalue weighted by Gasteiger charge is 2.25. The van der Waals surface area contributed by atoms with E-state index in [4.69, 9.17) is 5.11 Å². The van der Waals surface area contributed by atoms with Crippen molar-refractivity contribution < 1.29 is 18.7 Å². The van der Waals surface area contributed by atoms with Gasteiger partial charge in [-0.05, 0) is 37.5 Å². The van der Waals surface area contributed by atoms with Gasteiger partial charge in [-0.2, -0.15) is 0 Å². The van der Waals surface area contributed by atoms with Crippen LogP contribution >= 0.6 is 0 Å². The molecule has 1 fully saturated rings. The number of rotatable bonds is 5. The zero-order chi connectivity index (χ0) is 14.0. The number of phenolic OH excluding ortho intramolecular Hbond substituents is 1. The summed E-state index contributed by atoms with van der Waals surface area (Å²) in [6.07, 6.45) is 2.01. The average Bonchev–Trinajstić information content (AvgIpc) is 3.16. The molecule has 1 unspecified atom stereocenters. The Balaban J connectivity index is 1.88. The number of amides is 1. The molecule has 0 saturated heterocycles. The summed E-state index contributed by atoms with van der Waals surface area (Å²) >= 11 is 0. The topological polar surface area (TPSA) is 61.4 Å². The smallest absolute Gasteiger partial charge is 0.237 e. The van der Waals surface area contributed by atoms with Crippen molar-refractivity contribution >= 4 is 5.91 Å². The molecule has 0 radical (unpaired) electrons. The summed E-state index contributed by atoms with van der Waals surface area (Å²) in [5, 5.41) is 14.7. The molecule has 0 spiro atoms. The summed E-state index contributed by atoms with van der Waals surface area (Å²) in [5.41, 5.74) is 0.332. The number of hydrogen-bond acceptors (Lipinski definition) is 3. The molecule has 1 aromatic carbocycles. The minimum Gasteiger partial charge on any atom is -0.503 e. The maximum Gasteiger partial charge on any atom is 0.237 e. The first kappa shape index (κ1) is 13.7. The van der Waals surface area contributed by atoms with Crippen molar-refractivity contribution in [2.75, 3.05) is 0 Å². The van der Waals surface area contributed by atoms with Gasteiger partial charge in [0.15, 0.2) is 17.4 Å². The highest BCUT2D eigenvalue weighted by molar-refractivity contribution is 5.81. The standard InChI is InChI=1S/C13H16F2N2O2/c1-7(13(19)17-9-2-3-9)16-6-8-4-10(14)12(18)11(15)5-8/h4-5,7,9,16,18H,2-3,6H2,1H3,(H,17,19). The second-order valence-corrected chi connectivity index (χ2v) is 4.79. The van der Waals surface area contributed by atoms with Crippen LogP contribution in [0, 0.1) is 11.6 Å². The van der Waals surface area contributed by atoms with Gasteiger partial charge in [0.05, 0.1) is 6.04 Å². The van der Waals surface area contributed by atoms with Crippen molar-refractivity contribution in [3.05, 3.63) is 29.3 Å². The Bertz CT molecular complexity index is 467. The Morgan fingerprint density at radius 3 is 2.53 bits per heavy atom. The van der Waals surface area contributed by atoms with Gasteiger partial charge in [0.1, 0.15) is 0 Å². The SMILES string of the molecule is CC(NCc1cc(F)c(O)c(F)c1)C(=O)NC1CC1. The Morgan fingerprint density at radius 2 is 2.00 bits per heavy atom. The Hall–Kier alpha value is -1.69. The number of carbonyl (C=O) groups is 1. The third-order valence-corrected chi connectivity index (χ3v) is 3.01. The lowest BCUT2D eigenvalue weighted by Crippen LogP contribution is -2.42. The highest BCUT2D eigenvalue weighted by atomic mass is 19.1. The monoisotopic (exact) mass is 270 g/mol. The molecule has 1 aliphatic carbocycles. The molecule has 6 heteroatoms. The number of nitrogens with one attached hydrogen (secondary N) is 2. The van der Waals surface area contributed by atoms with Crippen molar-refractivity contribution in [3.63, 3.8) is 0 Å². The molecule has 0 bridgehead atoms. The summed E-state index contributed by atoms with van der Waals surface area (Å²) in [5.74, 6) is -3.12. The van der Waals surface area contributed by atoms with E-state index < -0.39 is 23.4 Å². The van der Waals surface area contributed by atoms with Gasteiger partial charge in [-0.15, -0.1) is 0 Å². The van der Waals surface area contributed by atoms with E-state index in [0.29, 0.717) is 5.56 Å². The quantitative estimate of drug-likeness (QED) is 0.758. The van der Waals surface area contributed by atoms with Gasteiger partial charge in [0.2, 0.25) is 5.91 Å². The fourth-order valence-electron chi connectivity index (χ4n) is 1.64. The largest absolute Gasteiger partial charge is 0.503 e. The molecular formula is C13H16F2N2O2. The number of carbonyl (C=O) groups excluding carboxylic acids is 1. The lowest BCUT2D eigenvalue weighted by atomic mass is 10.2. The van der Waals surface area contributed by atoms with Crippen LogP contribution in [0.3, 0.4) is 0 Å².